The average molecular weight is 558 g/mol. The fourth-order valence-electron chi connectivity index (χ4n) is 6.16. The molecule has 2 saturated heterocycles. The first-order valence-corrected chi connectivity index (χ1v) is 14.8. The molecule has 5 rings (SSSR count). The molecule has 0 saturated carbocycles. The van der Waals surface area contributed by atoms with E-state index in [9.17, 15) is 9.59 Å². The van der Waals surface area contributed by atoms with Crippen LogP contribution in [0.3, 0.4) is 0 Å². The molecule has 2 aromatic carbocycles. The van der Waals surface area contributed by atoms with E-state index in [0.717, 1.165) is 92.4 Å². The second-order valence-corrected chi connectivity index (χ2v) is 11.6. The minimum absolute atomic E-state index is 0.0466. The van der Waals surface area contributed by atoms with Crippen LogP contribution in [0.2, 0.25) is 0 Å². The Morgan fingerprint density at radius 1 is 0.951 bits per heavy atom. The highest BCUT2D eigenvalue weighted by Gasteiger charge is 2.26. The van der Waals surface area contributed by atoms with Crippen molar-refractivity contribution in [1.82, 2.24) is 10.2 Å². The third-order valence-corrected chi connectivity index (χ3v) is 8.73. The Balaban J connectivity index is 1.41. The highest BCUT2D eigenvalue weighted by Crippen LogP contribution is 2.33. The van der Waals surface area contributed by atoms with E-state index in [1.54, 1.807) is 6.08 Å². The van der Waals surface area contributed by atoms with Gasteiger partial charge in [0.2, 0.25) is 0 Å². The molecule has 0 spiro atoms. The first kappa shape index (κ1) is 29.2. The molecule has 3 aliphatic rings. The third-order valence-electron chi connectivity index (χ3n) is 8.73. The van der Waals surface area contributed by atoms with Crippen molar-refractivity contribution in [1.29, 1.82) is 0 Å². The minimum Gasteiger partial charge on any atom is -0.381 e. The Kier molecular flexibility index (Phi) is 9.38. The number of rotatable bonds is 8. The van der Waals surface area contributed by atoms with Crippen LogP contribution in [-0.4, -0.2) is 75.7 Å². The minimum atomic E-state index is -0.325. The van der Waals surface area contributed by atoms with Gasteiger partial charge < -0.3 is 19.7 Å². The SMILES string of the molecule is CC1=CC(=O)C(CNC(=O)c2cc(-c3ccc(CN4CCOCC4)cc3)cc(N(C)C3CCOCC3)c2C)C(C)=C1. The predicted octanol–water partition coefficient (Wildman–Crippen LogP) is 4.93. The van der Waals surface area contributed by atoms with Crippen molar-refractivity contribution in [2.24, 2.45) is 5.92 Å². The summed E-state index contributed by atoms with van der Waals surface area (Å²) in [7, 11) is 2.12. The molecule has 1 amide bonds. The molecule has 2 fully saturated rings. The van der Waals surface area contributed by atoms with E-state index in [1.807, 2.05) is 32.9 Å². The van der Waals surface area contributed by atoms with Crippen molar-refractivity contribution < 1.29 is 19.1 Å². The summed E-state index contributed by atoms with van der Waals surface area (Å²) in [6.07, 6.45) is 5.60. The van der Waals surface area contributed by atoms with E-state index >= 15 is 0 Å². The highest BCUT2D eigenvalue weighted by atomic mass is 16.5. The van der Waals surface area contributed by atoms with E-state index in [4.69, 9.17) is 9.47 Å². The lowest BCUT2D eigenvalue weighted by Crippen LogP contribution is -2.38. The van der Waals surface area contributed by atoms with Gasteiger partial charge in [0.25, 0.3) is 5.91 Å². The topological polar surface area (TPSA) is 71.1 Å². The molecule has 7 nitrogen and oxygen atoms in total. The predicted molar refractivity (Wildman–Crippen MR) is 163 cm³/mol. The Labute approximate surface area is 244 Å². The molecule has 41 heavy (non-hydrogen) atoms. The lowest BCUT2D eigenvalue weighted by Gasteiger charge is -2.34. The molecule has 2 heterocycles. The zero-order valence-electron chi connectivity index (χ0n) is 24.9. The highest BCUT2D eigenvalue weighted by molar-refractivity contribution is 6.00. The Morgan fingerprint density at radius 2 is 1.63 bits per heavy atom. The van der Waals surface area contributed by atoms with Gasteiger partial charge >= 0.3 is 0 Å². The van der Waals surface area contributed by atoms with Crippen molar-refractivity contribution in [3.63, 3.8) is 0 Å². The Hall–Kier alpha value is -3.26. The number of carbonyl (C=O) groups excluding carboxylic acids is 2. The molecule has 218 valence electrons. The monoisotopic (exact) mass is 557 g/mol. The van der Waals surface area contributed by atoms with Crippen molar-refractivity contribution in [2.45, 2.75) is 46.2 Å². The van der Waals surface area contributed by atoms with Gasteiger partial charge in [-0.05, 0) is 79.6 Å². The molecule has 0 bridgehead atoms. The standard InChI is InChI=1S/C34H43N3O4/c1-23-17-24(2)31(33(38)18-23)21-35-34(39)30-19-28(20-32(25(30)3)36(4)29-9-13-40-14-10-29)27-7-5-26(6-8-27)22-37-11-15-41-16-12-37/h5-8,17-20,29,31H,9-16,21-22H2,1-4H3,(H,35,39). The smallest absolute Gasteiger partial charge is 0.251 e. The number of nitrogens with one attached hydrogen (secondary N) is 1. The molecular weight excluding hydrogens is 514 g/mol. The van der Waals surface area contributed by atoms with Crippen molar-refractivity contribution in [3.05, 3.63) is 76.4 Å². The molecule has 1 atom stereocenters. The van der Waals surface area contributed by atoms with Gasteiger partial charge in [-0.25, -0.2) is 0 Å². The summed E-state index contributed by atoms with van der Waals surface area (Å²) in [5.74, 6) is -0.429. The fourth-order valence-corrected chi connectivity index (χ4v) is 6.16. The van der Waals surface area contributed by atoms with Gasteiger partial charge in [-0.3, -0.25) is 14.5 Å². The van der Waals surface area contributed by atoms with E-state index in [2.05, 4.69) is 52.5 Å². The van der Waals surface area contributed by atoms with Crippen molar-refractivity contribution >= 4 is 17.4 Å². The van der Waals surface area contributed by atoms with Gasteiger partial charge in [0.15, 0.2) is 5.78 Å². The molecule has 7 heteroatoms. The van der Waals surface area contributed by atoms with Gasteiger partial charge in [0, 0.05) is 63.7 Å². The van der Waals surface area contributed by atoms with E-state index < -0.39 is 0 Å². The number of morpholine rings is 1. The van der Waals surface area contributed by atoms with Crippen LogP contribution in [0.4, 0.5) is 5.69 Å². The molecular formula is C34H43N3O4. The number of ether oxygens (including phenoxy) is 2. The maximum Gasteiger partial charge on any atom is 0.251 e. The summed E-state index contributed by atoms with van der Waals surface area (Å²) in [5, 5.41) is 3.08. The first-order chi connectivity index (χ1) is 19.8. The van der Waals surface area contributed by atoms with Crippen molar-refractivity contribution in [3.8, 4) is 11.1 Å². The van der Waals surface area contributed by atoms with Crippen molar-refractivity contribution in [2.75, 3.05) is 58.0 Å². The molecule has 1 N–H and O–H groups in total. The van der Waals surface area contributed by atoms with Crippen LogP contribution in [0.1, 0.15) is 48.2 Å². The Morgan fingerprint density at radius 3 is 2.32 bits per heavy atom. The third kappa shape index (κ3) is 6.97. The number of nitrogens with zero attached hydrogens (tertiary/aromatic N) is 2. The first-order valence-electron chi connectivity index (χ1n) is 14.8. The van der Waals surface area contributed by atoms with Crippen LogP contribution < -0.4 is 10.2 Å². The summed E-state index contributed by atoms with van der Waals surface area (Å²) in [6, 6.07) is 13.2. The lowest BCUT2D eigenvalue weighted by molar-refractivity contribution is -0.117. The average Bonchev–Trinajstić information content (AvgIpc) is 2.97. The van der Waals surface area contributed by atoms with Gasteiger partial charge in [-0.2, -0.15) is 0 Å². The Bertz CT molecular complexity index is 1320. The van der Waals surface area contributed by atoms with Crippen LogP contribution in [0.15, 0.2) is 59.7 Å². The number of benzene rings is 2. The zero-order chi connectivity index (χ0) is 28.9. The molecule has 0 radical (unpaired) electrons. The van der Waals surface area contributed by atoms with Crippen LogP contribution in [-0.2, 0) is 20.8 Å². The quantitative estimate of drug-likeness (QED) is 0.496. The molecule has 1 aliphatic carbocycles. The van der Waals surface area contributed by atoms with Gasteiger partial charge in [0.05, 0.1) is 19.1 Å². The van der Waals surface area contributed by atoms with E-state index in [-0.39, 0.29) is 24.2 Å². The normalized spacial score (nSPS) is 20.4. The summed E-state index contributed by atoms with van der Waals surface area (Å²) >= 11 is 0. The van der Waals surface area contributed by atoms with Crippen LogP contribution in [0.5, 0.6) is 0 Å². The summed E-state index contributed by atoms with van der Waals surface area (Å²) in [4.78, 5) is 31.1. The maximum atomic E-state index is 13.7. The number of allylic oxidation sites excluding steroid dienone is 3. The maximum absolute atomic E-state index is 13.7. The molecule has 1 unspecified atom stereocenters. The number of hydrogen-bond donors (Lipinski definition) is 1. The summed E-state index contributed by atoms with van der Waals surface area (Å²) in [5.41, 5.74) is 7.94. The molecule has 2 aromatic rings. The molecule has 0 aromatic heterocycles. The van der Waals surface area contributed by atoms with Crippen LogP contribution in [0, 0.1) is 12.8 Å². The van der Waals surface area contributed by atoms with Gasteiger partial charge in [-0.1, -0.05) is 35.9 Å². The number of ketones is 1. The molecule has 2 aliphatic heterocycles. The van der Waals surface area contributed by atoms with Gasteiger partial charge in [-0.15, -0.1) is 0 Å². The second kappa shape index (κ2) is 13.1. The second-order valence-electron chi connectivity index (χ2n) is 11.6. The number of amides is 1. The summed E-state index contributed by atoms with van der Waals surface area (Å²) < 4.78 is 11.1. The van der Waals surface area contributed by atoms with Gasteiger partial charge in [0.1, 0.15) is 0 Å². The van der Waals surface area contributed by atoms with E-state index in [1.165, 1.54) is 5.56 Å². The number of carbonyl (C=O) groups is 2. The lowest BCUT2D eigenvalue weighted by atomic mass is 9.88. The fraction of sp³-hybridized carbons (Fsp3) is 0.471. The van der Waals surface area contributed by atoms with Crippen LogP contribution in [0.25, 0.3) is 11.1 Å². The number of hydrogen-bond acceptors (Lipinski definition) is 6. The summed E-state index contributed by atoms with van der Waals surface area (Å²) in [6.45, 7) is 12.1. The van der Waals surface area contributed by atoms with Crippen LogP contribution >= 0.6 is 0 Å². The largest absolute Gasteiger partial charge is 0.381 e. The zero-order valence-corrected chi connectivity index (χ0v) is 24.9. The van der Waals surface area contributed by atoms with E-state index in [0.29, 0.717) is 11.6 Å². The number of anilines is 1.